The first-order chi connectivity index (χ1) is 6.38. The summed E-state index contributed by atoms with van der Waals surface area (Å²) < 4.78 is 5.11. The predicted octanol–water partition coefficient (Wildman–Crippen LogP) is 1.24. The van der Waals surface area contributed by atoms with Crippen molar-refractivity contribution in [1.82, 2.24) is 4.90 Å². The summed E-state index contributed by atoms with van der Waals surface area (Å²) >= 11 is 0. The van der Waals surface area contributed by atoms with Gasteiger partial charge >= 0.3 is 6.09 Å². The molecule has 4 heteroatoms. The van der Waals surface area contributed by atoms with E-state index < -0.39 is 0 Å². The van der Waals surface area contributed by atoms with Gasteiger partial charge in [0.2, 0.25) is 0 Å². The van der Waals surface area contributed by atoms with E-state index in [1.165, 1.54) is 0 Å². The number of nitrogens with zero attached hydrogens (tertiary/aromatic N) is 1. The van der Waals surface area contributed by atoms with Crippen molar-refractivity contribution in [2.45, 2.75) is 33.3 Å². The van der Waals surface area contributed by atoms with E-state index in [0.717, 1.165) is 0 Å². The molecule has 0 aromatic heterocycles. The number of rotatable bonds is 1. The summed E-state index contributed by atoms with van der Waals surface area (Å²) in [7, 11) is 0. The first-order valence-electron chi connectivity index (χ1n) is 4.98. The summed E-state index contributed by atoms with van der Waals surface area (Å²) in [6.07, 6.45) is -0.0291. The van der Waals surface area contributed by atoms with Crippen molar-refractivity contribution in [2.24, 2.45) is 5.41 Å². The number of hydrogen-bond acceptors (Lipinski definition) is 3. The average Bonchev–Trinajstić information content (AvgIpc) is 2.46. The molecule has 1 fully saturated rings. The summed E-state index contributed by atoms with van der Waals surface area (Å²) in [5, 5.41) is 9.23. The topological polar surface area (TPSA) is 49.8 Å². The number of aliphatic hydroxyl groups is 1. The van der Waals surface area contributed by atoms with Crippen LogP contribution in [0.15, 0.2) is 0 Å². The van der Waals surface area contributed by atoms with Crippen molar-refractivity contribution >= 4 is 6.09 Å². The Morgan fingerprint density at radius 3 is 2.64 bits per heavy atom. The standard InChI is InChI=1S/C10H19NO3/c1-10(2,3)7-14-9(13)11-5-4-8(12)6-11/h8,12H,4-7H2,1-3H3/t8-/m0/s1. The lowest BCUT2D eigenvalue weighted by atomic mass is 9.99. The zero-order chi connectivity index (χ0) is 10.8. The first kappa shape index (κ1) is 11.3. The third kappa shape index (κ3) is 3.54. The SMILES string of the molecule is CC(C)(C)COC(=O)N1CC[C@H](O)C1. The molecule has 1 aliphatic rings. The summed E-state index contributed by atoms with van der Waals surface area (Å²) in [5.41, 5.74) is -0.00595. The summed E-state index contributed by atoms with van der Waals surface area (Å²) in [6.45, 7) is 7.46. The van der Waals surface area contributed by atoms with E-state index in [0.29, 0.717) is 26.1 Å². The fraction of sp³-hybridized carbons (Fsp3) is 0.900. The fourth-order valence-electron chi connectivity index (χ4n) is 1.28. The zero-order valence-corrected chi connectivity index (χ0v) is 9.12. The van der Waals surface area contributed by atoms with Crippen LogP contribution in [0.2, 0.25) is 0 Å². The molecular weight excluding hydrogens is 182 g/mol. The number of likely N-dealkylation sites (tertiary alicyclic amines) is 1. The van der Waals surface area contributed by atoms with Crippen LogP contribution in [-0.2, 0) is 4.74 Å². The monoisotopic (exact) mass is 201 g/mol. The number of hydrogen-bond donors (Lipinski definition) is 1. The van der Waals surface area contributed by atoms with Gasteiger partial charge in [-0.15, -0.1) is 0 Å². The lowest BCUT2D eigenvalue weighted by molar-refractivity contribution is 0.0739. The molecule has 0 aromatic rings. The van der Waals surface area contributed by atoms with Crippen molar-refractivity contribution in [3.8, 4) is 0 Å². The number of aliphatic hydroxyl groups excluding tert-OH is 1. The molecular formula is C10H19NO3. The van der Waals surface area contributed by atoms with Crippen LogP contribution in [0.1, 0.15) is 27.2 Å². The molecule has 0 aromatic carbocycles. The second kappa shape index (κ2) is 4.17. The van der Waals surface area contributed by atoms with Crippen molar-refractivity contribution in [2.75, 3.05) is 19.7 Å². The van der Waals surface area contributed by atoms with E-state index in [2.05, 4.69) is 0 Å². The van der Waals surface area contributed by atoms with Gasteiger partial charge in [-0.2, -0.15) is 0 Å². The molecule has 14 heavy (non-hydrogen) atoms. The van der Waals surface area contributed by atoms with Crippen LogP contribution in [0, 0.1) is 5.41 Å². The van der Waals surface area contributed by atoms with Crippen LogP contribution >= 0.6 is 0 Å². The van der Waals surface area contributed by atoms with E-state index in [1.807, 2.05) is 20.8 Å². The van der Waals surface area contributed by atoms with Crippen LogP contribution in [0.5, 0.6) is 0 Å². The van der Waals surface area contributed by atoms with Gasteiger partial charge in [0, 0.05) is 13.1 Å². The van der Waals surface area contributed by atoms with Gasteiger partial charge in [0.1, 0.15) is 0 Å². The fourth-order valence-corrected chi connectivity index (χ4v) is 1.28. The minimum atomic E-state index is -0.378. The maximum atomic E-state index is 11.4. The Bertz CT molecular complexity index is 210. The van der Waals surface area contributed by atoms with Gasteiger partial charge in [-0.25, -0.2) is 4.79 Å². The van der Waals surface area contributed by atoms with Crippen LogP contribution < -0.4 is 0 Å². The molecule has 1 rings (SSSR count). The summed E-state index contributed by atoms with van der Waals surface area (Å²) in [6, 6.07) is 0. The highest BCUT2D eigenvalue weighted by molar-refractivity contribution is 5.68. The number of carbonyl (C=O) groups is 1. The average molecular weight is 201 g/mol. The third-order valence-electron chi connectivity index (χ3n) is 2.05. The molecule has 1 aliphatic heterocycles. The summed E-state index contributed by atoms with van der Waals surface area (Å²) in [5.74, 6) is 0. The van der Waals surface area contributed by atoms with Gasteiger partial charge < -0.3 is 14.7 Å². The molecule has 0 unspecified atom stereocenters. The van der Waals surface area contributed by atoms with E-state index in [1.54, 1.807) is 4.90 Å². The number of amides is 1. The first-order valence-corrected chi connectivity index (χ1v) is 4.98. The second-order valence-corrected chi connectivity index (χ2v) is 5.00. The Labute approximate surface area is 84.8 Å². The van der Waals surface area contributed by atoms with Crippen molar-refractivity contribution in [3.63, 3.8) is 0 Å². The Kier molecular flexibility index (Phi) is 3.37. The predicted molar refractivity (Wildman–Crippen MR) is 53.0 cm³/mol. The van der Waals surface area contributed by atoms with Crippen molar-refractivity contribution < 1.29 is 14.6 Å². The number of carbonyl (C=O) groups excluding carboxylic acids is 1. The smallest absolute Gasteiger partial charge is 0.409 e. The van der Waals surface area contributed by atoms with Gasteiger partial charge in [0.25, 0.3) is 0 Å². The molecule has 1 amide bonds. The molecule has 0 saturated carbocycles. The van der Waals surface area contributed by atoms with Crippen LogP contribution in [0.25, 0.3) is 0 Å². The molecule has 0 spiro atoms. The molecule has 82 valence electrons. The largest absolute Gasteiger partial charge is 0.449 e. The zero-order valence-electron chi connectivity index (χ0n) is 9.12. The lowest BCUT2D eigenvalue weighted by Gasteiger charge is -2.21. The van der Waals surface area contributed by atoms with Crippen LogP contribution in [0.3, 0.4) is 0 Å². The van der Waals surface area contributed by atoms with E-state index in [-0.39, 0.29) is 17.6 Å². The third-order valence-corrected chi connectivity index (χ3v) is 2.05. The quantitative estimate of drug-likeness (QED) is 0.694. The highest BCUT2D eigenvalue weighted by Crippen LogP contribution is 2.15. The van der Waals surface area contributed by atoms with Gasteiger partial charge in [-0.3, -0.25) is 0 Å². The lowest BCUT2D eigenvalue weighted by Crippen LogP contribution is -2.32. The number of β-amino-alcohol motifs (C(OH)–C–C–N with tert-alkyl or cyclic N) is 1. The molecule has 0 aliphatic carbocycles. The van der Waals surface area contributed by atoms with Gasteiger partial charge in [0.15, 0.2) is 0 Å². The highest BCUT2D eigenvalue weighted by atomic mass is 16.6. The maximum Gasteiger partial charge on any atom is 0.409 e. The van der Waals surface area contributed by atoms with Crippen molar-refractivity contribution in [3.05, 3.63) is 0 Å². The van der Waals surface area contributed by atoms with E-state index in [4.69, 9.17) is 4.74 Å². The Balaban J connectivity index is 2.29. The molecule has 1 heterocycles. The molecule has 1 N–H and O–H groups in total. The van der Waals surface area contributed by atoms with E-state index >= 15 is 0 Å². The van der Waals surface area contributed by atoms with Gasteiger partial charge in [0.05, 0.1) is 12.7 Å². The molecule has 1 atom stereocenters. The molecule has 0 bridgehead atoms. The number of ether oxygens (including phenoxy) is 1. The molecule has 4 nitrogen and oxygen atoms in total. The Morgan fingerprint density at radius 2 is 2.21 bits per heavy atom. The normalized spacial score (nSPS) is 22.6. The Morgan fingerprint density at radius 1 is 1.57 bits per heavy atom. The highest BCUT2D eigenvalue weighted by Gasteiger charge is 2.26. The Hall–Kier alpha value is -0.770. The van der Waals surface area contributed by atoms with Crippen LogP contribution in [-0.4, -0.2) is 41.9 Å². The van der Waals surface area contributed by atoms with Crippen LogP contribution in [0.4, 0.5) is 4.79 Å². The minimum Gasteiger partial charge on any atom is -0.449 e. The second-order valence-electron chi connectivity index (χ2n) is 5.00. The van der Waals surface area contributed by atoms with Gasteiger partial charge in [-0.1, -0.05) is 20.8 Å². The maximum absolute atomic E-state index is 11.4. The van der Waals surface area contributed by atoms with E-state index in [9.17, 15) is 9.90 Å². The molecule has 1 saturated heterocycles. The minimum absolute atomic E-state index is 0.00595. The van der Waals surface area contributed by atoms with Crippen molar-refractivity contribution in [1.29, 1.82) is 0 Å². The molecule has 0 radical (unpaired) electrons. The summed E-state index contributed by atoms with van der Waals surface area (Å²) in [4.78, 5) is 13.0. The van der Waals surface area contributed by atoms with Gasteiger partial charge in [-0.05, 0) is 11.8 Å².